The van der Waals surface area contributed by atoms with Crippen LogP contribution in [0.1, 0.15) is 9.67 Å². The van der Waals surface area contributed by atoms with Gasteiger partial charge in [0.15, 0.2) is 0 Å². The number of rotatable bonds is 5. The lowest BCUT2D eigenvalue weighted by molar-refractivity contribution is 0.0768. The molecule has 1 heterocycles. The average molecular weight is 267 g/mol. The molecule has 0 aliphatic rings. The Kier molecular flexibility index (Phi) is 5.17. The number of alkyl halides is 2. The van der Waals surface area contributed by atoms with Crippen LogP contribution in [0.5, 0.6) is 0 Å². The highest BCUT2D eigenvalue weighted by Crippen LogP contribution is 2.32. The van der Waals surface area contributed by atoms with E-state index in [9.17, 15) is 13.6 Å². The number of thiophene rings is 1. The number of aliphatic hydroxyl groups is 1. The first kappa shape index (κ1) is 13.4. The maximum Gasteiger partial charge on any atom is 0.288 e. The zero-order valence-electron chi connectivity index (χ0n) is 8.52. The molecule has 1 aromatic heterocycles. The predicted molar refractivity (Wildman–Crippen MR) is 60.2 cm³/mol. The minimum absolute atomic E-state index is 0.148. The largest absolute Gasteiger partial charge is 0.395 e. The summed E-state index contributed by atoms with van der Waals surface area (Å²) in [6.07, 6.45) is 0. The smallest absolute Gasteiger partial charge is 0.288 e. The highest BCUT2D eigenvalue weighted by molar-refractivity contribution is 7.99. The lowest BCUT2D eigenvalue weighted by Gasteiger charge is -2.15. The molecule has 16 heavy (non-hydrogen) atoms. The Morgan fingerprint density at radius 1 is 1.69 bits per heavy atom. The highest BCUT2D eigenvalue weighted by Gasteiger charge is 2.19. The first-order valence-electron chi connectivity index (χ1n) is 4.45. The summed E-state index contributed by atoms with van der Waals surface area (Å²) in [7, 11) is 1.52. The van der Waals surface area contributed by atoms with Crippen LogP contribution in [0.3, 0.4) is 0 Å². The van der Waals surface area contributed by atoms with E-state index < -0.39 is 5.76 Å². The van der Waals surface area contributed by atoms with Crippen LogP contribution in [0.15, 0.2) is 16.3 Å². The molecule has 0 saturated heterocycles. The Labute approximate surface area is 100 Å². The zero-order chi connectivity index (χ0) is 12.1. The summed E-state index contributed by atoms with van der Waals surface area (Å²) in [5.41, 5.74) is 0. The maximum absolute atomic E-state index is 12.2. The molecule has 1 aromatic rings. The monoisotopic (exact) mass is 267 g/mol. The molecular weight excluding hydrogens is 256 g/mol. The summed E-state index contributed by atoms with van der Waals surface area (Å²) in [4.78, 5) is 13.7. The van der Waals surface area contributed by atoms with Crippen molar-refractivity contribution in [1.82, 2.24) is 4.90 Å². The van der Waals surface area contributed by atoms with Gasteiger partial charge in [-0.1, -0.05) is 11.8 Å². The number of amides is 1. The van der Waals surface area contributed by atoms with E-state index in [1.807, 2.05) is 0 Å². The van der Waals surface area contributed by atoms with Gasteiger partial charge >= 0.3 is 0 Å². The third kappa shape index (κ3) is 3.43. The normalized spacial score (nSPS) is 10.8. The minimum atomic E-state index is -2.54. The fourth-order valence-electron chi connectivity index (χ4n) is 1.07. The number of aliphatic hydroxyl groups excluding tert-OH is 1. The molecule has 1 amide bonds. The summed E-state index contributed by atoms with van der Waals surface area (Å²) in [6, 6.07) is 1.50. The van der Waals surface area contributed by atoms with Gasteiger partial charge in [-0.25, -0.2) is 0 Å². The molecule has 0 spiro atoms. The van der Waals surface area contributed by atoms with E-state index in [-0.39, 0.29) is 24.0 Å². The summed E-state index contributed by atoms with van der Waals surface area (Å²) < 4.78 is 24.4. The topological polar surface area (TPSA) is 40.5 Å². The molecule has 0 unspecified atom stereocenters. The summed E-state index contributed by atoms with van der Waals surface area (Å²) in [5.74, 6) is -2.88. The molecule has 3 nitrogen and oxygen atoms in total. The Balaban J connectivity index is 2.79. The standard InChI is InChI=1S/C9H11F2NO2S2/c1-12(3-4-13)8(14)7-6(2-5-15-7)16-9(10)11/h2,5,9,13H,3-4H2,1H3. The lowest BCUT2D eigenvalue weighted by atomic mass is 10.4. The SMILES string of the molecule is CN(CCO)C(=O)c1sccc1SC(F)F. The second kappa shape index (κ2) is 6.17. The van der Waals surface area contributed by atoms with Gasteiger partial charge in [0, 0.05) is 18.5 Å². The summed E-state index contributed by atoms with van der Waals surface area (Å²) >= 11 is 1.49. The Morgan fingerprint density at radius 2 is 2.38 bits per heavy atom. The fraction of sp³-hybridized carbons (Fsp3) is 0.444. The van der Waals surface area contributed by atoms with Gasteiger partial charge in [0.05, 0.1) is 6.61 Å². The van der Waals surface area contributed by atoms with Gasteiger partial charge in [0.25, 0.3) is 11.7 Å². The van der Waals surface area contributed by atoms with Gasteiger partial charge < -0.3 is 10.0 Å². The maximum atomic E-state index is 12.2. The van der Waals surface area contributed by atoms with E-state index in [4.69, 9.17) is 5.11 Å². The van der Waals surface area contributed by atoms with Crippen LogP contribution in [0.2, 0.25) is 0 Å². The van der Waals surface area contributed by atoms with Gasteiger partial charge in [-0.05, 0) is 11.4 Å². The summed E-state index contributed by atoms with van der Waals surface area (Å²) in [6.45, 7) is 0.0421. The van der Waals surface area contributed by atoms with E-state index >= 15 is 0 Å². The van der Waals surface area contributed by atoms with E-state index in [1.165, 1.54) is 18.0 Å². The van der Waals surface area contributed by atoms with Gasteiger partial charge in [-0.2, -0.15) is 8.78 Å². The Morgan fingerprint density at radius 3 is 2.94 bits per heavy atom. The van der Waals surface area contributed by atoms with E-state index in [0.29, 0.717) is 16.6 Å². The van der Waals surface area contributed by atoms with Crippen molar-refractivity contribution >= 4 is 29.0 Å². The van der Waals surface area contributed by atoms with Crippen LogP contribution in [0.4, 0.5) is 8.78 Å². The molecule has 1 rings (SSSR count). The van der Waals surface area contributed by atoms with Crippen molar-refractivity contribution in [1.29, 1.82) is 0 Å². The highest BCUT2D eigenvalue weighted by atomic mass is 32.2. The molecule has 7 heteroatoms. The Bertz CT molecular complexity index is 357. The van der Waals surface area contributed by atoms with Crippen molar-refractivity contribution in [2.24, 2.45) is 0 Å². The average Bonchev–Trinajstić information content (AvgIpc) is 2.64. The number of thioether (sulfide) groups is 1. The number of nitrogens with zero attached hydrogens (tertiary/aromatic N) is 1. The van der Waals surface area contributed by atoms with Gasteiger partial charge in [-0.3, -0.25) is 4.79 Å². The molecule has 0 aliphatic heterocycles. The van der Waals surface area contributed by atoms with Crippen molar-refractivity contribution in [3.8, 4) is 0 Å². The third-order valence-corrected chi connectivity index (χ3v) is 3.63. The molecule has 0 fully saturated rings. The number of hydrogen-bond donors (Lipinski definition) is 1. The second-order valence-corrected chi connectivity index (χ2v) is 4.89. The van der Waals surface area contributed by atoms with E-state index in [1.54, 1.807) is 5.38 Å². The van der Waals surface area contributed by atoms with Crippen molar-refractivity contribution in [3.05, 3.63) is 16.3 Å². The molecular formula is C9H11F2NO2S2. The molecule has 0 atom stereocenters. The third-order valence-electron chi connectivity index (χ3n) is 1.82. The summed E-state index contributed by atoms with van der Waals surface area (Å²) in [5, 5.41) is 10.3. The number of carbonyl (C=O) groups excluding carboxylic acids is 1. The first-order chi connectivity index (χ1) is 7.56. The van der Waals surface area contributed by atoms with Gasteiger partial charge in [0.1, 0.15) is 4.88 Å². The van der Waals surface area contributed by atoms with Crippen LogP contribution in [-0.2, 0) is 0 Å². The van der Waals surface area contributed by atoms with Gasteiger partial charge in [0.2, 0.25) is 0 Å². The number of halogens is 2. The molecule has 1 N–H and O–H groups in total. The van der Waals surface area contributed by atoms with Crippen molar-refractivity contribution in [3.63, 3.8) is 0 Å². The molecule has 90 valence electrons. The van der Waals surface area contributed by atoms with E-state index in [2.05, 4.69) is 0 Å². The molecule has 0 radical (unpaired) electrons. The molecule has 0 bridgehead atoms. The minimum Gasteiger partial charge on any atom is -0.395 e. The predicted octanol–water partition coefficient (Wildman–Crippen LogP) is 2.13. The van der Waals surface area contributed by atoms with E-state index in [0.717, 1.165) is 11.3 Å². The quantitative estimate of drug-likeness (QED) is 0.831. The number of likely N-dealkylation sites (N-methyl/N-ethyl adjacent to an activating group) is 1. The van der Waals surface area contributed by atoms with Crippen LogP contribution in [-0.4, -0.2) is 41.9 Å². The zero-order valence-corrected chi connectivity index (χ0v) is 10.2. The second-order valence-electron chi connectivity index (χ2n) is 2.94. The van der Waals surface area contributed by atoms with Crippen molar-refractivity contribution in [2.75, 3.05) is 20.2 Å². The lowest BCUT2D eigenvalue weighted by Crippen LogP contribution is -2.29. The molecule has 0 aromatic carbocycles. The van der Waals surface area contributed by atoms with Crippen LogP contribution < -0.4 is 0 Å². The number of carbonyl (C=O) groups is 1. The van der Waals surface area contributed by atoms with Crippen LogP contribution in [0, 0.1) is 0 Å². The number of hydrogen-bond acceptors (Lipinski definition) is 4. The van der Waals surface area contributed by atoms with Crippen LogP contribution >= 0.6 is 23.1 Å². The molecule has 0 aliphatic carbocycles. The first-order valence-corrected chi connectivity index (χ1v) is 6.20. The Hall–Kier alpha value is -0.660. The van der Waals surface area contributed by atoms with Crippen LogP contribution in [0.25, 0.3) is 0 Å². The van der Waals surface area contributed by atoms with Gasteiger partial charge in [-0.15, -0.1) is 11.3 Å². The fourth-order valence-corrected chi connectivity index (χ4v) is 2.76. The van der Waals surface area contributed by atoms with Crippen molar-refractivity contribution < 1.29 is 18.7 Å². The molecule has 0 saturated carbocycles. The van der Waals surface area contributed by atoms with Crippen molar-refractivity contribution in [2.45, 2.75) is 10.7 Å².